The monoisotopic (exact) mass is 364 g/mol. The van der Waals surface area contributed by atoms with E-state index in [1.54, 1.807) is 38.6 Å². The average molecular weight is 364 g/mol. The quantitative estimate of drug-likeness (QED) is 0.787. The van der Waals surface area contributed by atoms with Crippen LogP contribution in [0.4, 0.5) is 5.00 Å². The van der Waals surface area contributed by atoms with Gasteiger partial charge in [0.05, 0.1) is 16.5 Å². The van der Waals surface area contributed by atoms with Crippen molar-refractivity contribution >= 4 is 34.1 Å². The summed E-state index contributed by atoms with van der Waals surface area (Å²) in [6, 6.07) is 1.62. The number of aryl methyl sites for hydroxylation is 2. The van der Waals surface area contributed by atoms with Crippen molar-refractivity contribution in [1.29, 1.82) is 0 Å². The van der Waals surface area contributed by atoms with E-state index in [0.29, 0.717) is 5.56 Å². The lowest BCUT2D eigenvalue weighted by Gasteiger charge is -2.10. The second-order valence-corrected chi connectivity index (χ2v) is 6.85. The van der Waals surface area contributed by atoms with Gasteiger partial charge in [-0.05, 0) is 39.3 Å². The van der Waals surface area contributed by atoms with Crippen LogP contribution in [0.5, 0.6) is 0 Å². The van der Waals surface area contributed by atoms with Crippen LogP contribution in [-0.2, 0) is 11.8 Å². The molecule has 0 fully saturated rings. The molecule has 0 saturated carbocycles. The van der Waals surface area contributed by atoms with Gasteiger partial charge in [0.15, 0.2) is 5.69 Å². The predicted octanol–water partition coefficient (Wildman–Crippen LogP) is 2.01. The van der Waals surface area contributed by atoms with Crippen molar-refractivity contribution in [1.82, 2.24) is 9.78 Å². The molecule has 134 valence electrons. The minimum absolute atomic E-state index is 0.133. The zero-order valence-corrected chi connectivity index (χ0v) is 15.5. The molecular weight excluding hydrogens is 344 g/mol. The molecule has 0 aliphatic carbocycles. The number of esters is 1. The summed E-state index contributed by atoms with van der Waals surface area (Å²) in [5.41, 5.74) is 6.89. The third-order valence-corrected chi connectivity index (χ3v) is 4.71. The highest BCUT2D eigenvalue weighted by atomic mass is 32.1. The molecule has 2 rings (SSSR count). The molecule has 2 aromatic heterocycles. The summed E-state index contributed by atoms with van der Waals surface area (Å²) in [6.45, 7) is 6.83. The highest BCUT2D eigenvalue weighted by Gasteiger charge is 2.27. The van der Waals surface area contributed by atoms with Gasteiger partial charge in [0, 0.05) is 12.7 Å². The van der Waals surface area contributed by atoms with Crippen molar-refractivity contribution in [2.75, 3.05) is 5.32 Å². The van der Waals surface area contributed by atoms with Crippen LogP contribution in [0.1, 0.15) is 55.6 Å². The Morgan fingerprint density at radius 3 is 2.44 bits per heavy atom. The number of primary amides is 1. The lowest BCUT2D eigenvalue weighted by molar-refractivity contribution is 0.0379. The fraction of sp³-hybridized carbons (Fsp3) is 0.375. The van der Waals surface area contributed by atoms with Crippen LogP contribution in [-0.4, -0.2) is 33.7 Å². The largest absolute Gasteiger partial charge is 0.459 e. The van der Waals surface area contributed by atoms with E-state index in [9.17, 15) is 14.4 Å². The van der Waals surface area contributed by atoms with Crippen LogP contribution in [0, 0.1) is 13.8 Å². The van der Waals surface area contributed by atoms with Gasteiger partial charge in [-0.3, -0.25) is 14.3 Å². The Balaban J connectivity index is 2.41. The summed E-state index contributed by atoms with van der Waals surface area (Å²) >= 11 is 0.942. The van der Waals surface area contributed by atoms with Crippen LogP contribution in [0.25, 0.3) is 0 Å². The lowest BCUT2D eigenvalue weighted by atomic mass is 10.1. The van der Waals surface area contributed by atoms with Gasteiger partial charge in [0.2, 0.25) is 0 Å². The van der Waals surface area contributed by atoms with Crippen molar-refractivity contribution in [2.24, 2.45) is 12.8 Å². The van der Waals surface area contributed by atoms with Crippen molar-refractivity contribution < 1.29 is 19.1 Å². The lowest BCUT2D eigenvalue weighted by Crippen LogP contribution is -2.17. The number of ether oxygens (including phenoxy) is 1. The normalized spacial score (nSPS) is 10.8. The Hall–Kier alpha value is -2.68. The van der Waals surface area contributed by atoms with Gasteiger partial charge < -0.3 is 15.8 Å². The molecule has 0 atom stereocenters. The third kappa shape index (κ3) is 3.87. The van der Waals surface area contributed by atoms with Crippen LogP contribution < -0.4 is 11.1 Å². The van der Waals surface area contributed by atoms with E-state index in [0.717, 1.165) is 17.0 Å². The molecule has 0 saturated heterocycles. The predicted molar refractivity (Wildman–Crippen MR) is 94.0 cm³/mol. The fourth-order valence-corrected chi connectivity index (χ4v) is 3.24. The highest BCUT2D eigenvalue weighted by Crippen LogP contribution is 2.34. The van der Waals surface area contributed by atoms with Crippen molar-refractivity contribution in [3.63, 3.8) is 0 Å². The minimum Gasteiger partial charge on any atom is -0.459 e. The number of carbonyl (C=O) groups is 3. The maximum Gasteiger partial charge on any atom is 0.341 e. The fourth-order valence-electron chi connectivity index (χ4n) is 2.19. The van der Waals surface area contributed by atoms with Gasteiger partial charge in [0.1, 0.15) is 5.00 Å². The van der Waals surface area contributed by atoms with E-state index in [2.05, 4.69) is 10.4 Å². The molecule has 9 heteroatoms. The number of nitrogens with one attached hydrogen (secondary N) is 1. The SMILES string of the molecule is Cc1c(C(N)=O)sc(NC(=O)c2cc(C)n(C)n2)c1C(=O)OC(C)C. The van der Waals surface area contributed by atoms with Crippen LogP contribution in [0.3, 0.4) is 0 Å². The zero-order valence-electron chi connectivity index (χ0n) is 14.7. The molecular formula is C16H20N4O4S. The Kier molecular flexibility index (Phi) is 5.27. The first-order valence-corrected chi connectivity index (χ1v) is 8.39. The van der Waals surface area contributed by atoms with Crippen molar-refractivity contribution in [3.05, 3.63) is 33.5 Å². The van der Waals surface area contributed by atoms with E-state index in [4.69, 9.17) is 10.5 Å². The molecule has 0 unspecified atom stereocenters. The number of rotatable bonds is 5. The number of nitrogens with zero attached hydrogens (tertiary/aromatic N) is 2. The molecule has 0 aromatic carbocycles. The summed E-state index contributed by atoms with van der Waals surface area (Å²) < 4.78 is 6.77. The van der Waals surface area contributed by atoms with E-state index < -0.39 is 17.8 Å². The summed E-state index contributed by atoms with van der Waals surface area (Å²) in [4.78, 5) is 36.6. The van der Waals surface area contributed by atoms with Crippen LogP contribution in [0.15, 0.2) is 6.07 Å². The Morgan fingerprint density at radius 2 is 1.96 bits per heavy atom. The van der Waals surface area contributed by atoms with E-state index >= 15 is 0 Å². The average Bonchev–Trinajstić information content (AvgIpc) is 2.99. The van der Waals surface area contributed by atoms with Gasteiger partial charge in [-0.15, -0.1) is 11.3 Å². The number of nitrogens with two attached hydrogens (primary N) is 1. The van der Waals surface area contributed by atoms with E-state index in [1.165, 1.54) is 0 Å². The molecule has 0 aliphatic heterocycles. The van der Waals surface area contributed by atoms with Gasteiger partial charge in [0.25, 0.3) is 11.8 Å². The summed E-state index contributed by atoms with van der Waals surface area (Å²) in [5.74, 6) is -1.78. The molecule has 3 N–H and O–H groups in total. The molecule has 2 aromatic rings. The number of carbonyl (C=O) groups excluding carboxylic acids is 3. The van der Waals surface area contributed by atoms with Crippen molar-refractivity contribution in [3.8, 4) is 0 Å². The molecule has 2 heterocycles. The van der Waals surface area contributed by atoms with Gasteiger partial charge in [-0.2, -0.15) is 5.10 Å². The number of hydrogen-bond acceptors (Lipinski definition) is 6. The topological polar surface area (TPSA) is 116 Å². The Bertz CT molecular complexity index is 831. The van der Waals surface area contributed by atoms with Gasteiger partial charge in [-0.25, -0.2) is 4.79 Å². The standard InChI is InChI=1S/C16H20N4O4S/c1-7(2)24-16(23)11-9(4)12(13(17)21)25-15(11)18-14(22)10-6-8(3)20(5)19-10/h6-7H,1-5H3,(H2,17,21)(H,18,22). The van der Waals surface area contributed by atoms with Crippen molar-refractivity contribution in [2.45, 2.75) is 33.8 Å². The highest BCUT2D eigenvalue weighted by molar-refractivity contribution is 7.18. The van der Waals surface area contributed by atoms with Gasteiger partial charge in [-0.1, -0.05) is 0 Å². The van der Waals surface area contributed by atoms with Crippen LogP contribution >= 0.6 is 11.3 Å². The number of amides is 2. The van der Waals surface area contributed by atoms with E-state index in [-0.39, 0.29) is 27.2 Å². The number of hydrogen-bond donors (Lipinski definition) is 2. The zero-order chi connectivity index (χ0) is 18.9. The van der Waals surface area contributed by atoms with Gasteiger partial charge >= 0.3 is 5.97 Å². The number of anilines is 1. The molecule has 25 heavy (non-hydrogen) atoms. The first kappa shape index (κ1) is 18.7. The molecule has 0 spiro atoms. The Labute approximate surface area is 149 Å². The second-order valence-electron chi connectivity index (χ2n) is 5.83. The molecule has 0 radical (unpaired) electrons. The number of thiophene rings is 1. The third-order valence-electron chi connectivity index (χ3n) is 3.49. The minimum atomic E-state index is -0.671. The maximum atomic E-state index is 12.4. The molecule has 0 bridgehead atoms. The smallest absolute Gasteiger partial charge is 0.341 e. The first-order valence-electron chi connectivity index (χ1n) is 7.58. The first-order chi connectivity index (χ1) is 11.6. The molecule has 0 aliphatic rings. The van der Waals surface area contributed by atoms with Crippen LogP contribution in [0.2, 0.25) is 0 Å². The van der Waals surface area contributed by atoms with E-state index in [1.807, 2.05) is 6.92 Å². The summed E-state index contributed by atoms with van der Waals surface area (Å²) in [6.07, 6.45) is -0.342. The molecule has 2 amide bonds. The second kappa shape index (κ2) is 7.06. The maximum absolute atomic E-state index is 12.4. The summed E-state index contributed by atoms with van der Waals surface area (Å²) in [7, 11) is 1.72. The molecule has 8 nitrogen and oxygen atoms in total. The number of aromatic nitrogens is 2. The Morgan fingerprint density at radius 1 is 1.32 bits per heavy atom. The summed E-state index contributed by atoms with van der Waals surface area (Å²) in [5, 5.41) is 6.94.